The van der Waals surface area contributed by atoms with E-state index < -0.39 is 30.0 Å². The van der Waals surface area contributed by atoms with Gasteiger partial charge in [0.05, 0.1) is 10.9 Å². The molecule has 2 aromatic carbocycles. The highest BCUT2D eigenvalue weighted by atomic mass is 19.4. The fourth-order valence-electron chi connectivity index (χ4n) is 2.94. The Bertz CT molecular complexity index is 1190. The van der Waals surface area contributed by atoms with Crippen molar-refractivity contribution in [1.82, 2.24) is 20.6 Å². The van der Waals surface area contributed by atoms with Crippen LogP contribution >= 0.6 is 0 Å². The number of phenolic OH excluding ortho intramolecular Hbond substituents is 1. The quantitative estimate of drug-likeness (QED) is 0.395. The zero-order valence-corrected chi connectivity index (χ0v) is 15.8. The molecule has 170 valence electrons. The van der Waals surface area contributed by atoms with E-state index in [2.05, 4.69) is 20.6 Å². The summed E-state index contributed by atoms with van der Waals surface area (Å²) in [6.45, 7) is -3.67. The second-order valence-corrected chi connectivity index (χ2v) is 6.39. The molecule has 0 fully saturated rings. The van der Waals surface area contributed by atoms with Crippen LogP contribution in [0.4, 0.5) is 30.7 Å². The molecule has 2 heterocycles. The number of aromatic nitrogens is 4. The number of halogens is 7. The van der Waals surface area contributed by atoms with Crippen molar-refractivity contribution in [3.05, 3.63) is 58.9 Å². The molecule has 0 aliphatic heterocycles. The standard InChI is InChI=1S/C18H12F4N4O2.CHF3/c19-16-10(3-1-9-2-5-13(27)12(7-9)18(20,21)22)4-6-14-11(16)8-15(28-14)17-23-25-26-24-17;2-1(3)4/h2,4-8,27H,1,3H2,(H,23,24,25,26);1H. The molecular weight excluding hydrogens is 449 g/mol. The van der Waals surface area contributed by atoms with Crippen molar-refractivity contribution >= 4 is 11.0 Å². The summed E-state index contributed by atoms with van der Waals surface area (Å²) in [5.74, 6) is -0.934. The van der Waals surface area contributed by atoms with Crippen LogP contribution in [0, 0.1) is 5.82 Å². The molecule has 0 aliphatic rings. The van der Waals surface area contributed by atoms with Crippen molar-refractivity contribution in [2.24, 2.45) is 0 Å². The van der Waals surface area contributed by atoms with Crippen LogP contribution in [0.3, 0.4) is 0 Å². The maximum Gasteiger partial charge on any atom is 0.419 e. The van der Waals surface area contributed by atoms with E-state index in [9.17, 15) is 35.8 Å². The summed E-state index contributed by atoms with van der Waals surface area (Å²) in [6.07, 6.45) is -4.32. The Balaban J connectivity index is 0.000000668. The van der Waals surface area contributed by atoms with Gasteiger partial charge in [0.25, 0.3) is 0 Å². The van der Waals surface area contributed by atoms with Gasteiger partial charge in [0.2, 0.25) is 5.82 Å². The smallest absolute Gasteiger partial charge is 0.419 e. The van der Waals surface area contributed by atoms with E-state index in [1.165, 1.54) is 18.2 Å². The molecule has 0 unspecified atom stereocenters. The van der Waals surface area contributed by atoms with Gasteiger partial charge in [-0.3, -0.25) is 0 Å². The highest BCUT2D eigenvalue weighted by Gasteiger charge is 2.33. The van der Waals surface area contributed by atoms with Crippen molar-refractivity contribution in [1.29, 1.82) is 0 Å². The van der Waals surface area contributed by atoms with Crippen molar-refractivity contribution in [3.8, 4) is 17.3 Å². The first-order chi connectivity index (χ1) is 15.1. The molecule has 4 rings (SSSR count). The first kappa shape index (κ1) is 23.0. The van der Waals surface area contributed by atoms with E-state index in [1.807, 2.05) is 0 Å². The van der Waals surface area contributed by atoms with E-state index in [-0.39, 0.29) is 29.8 Å². The molecule has 0 aliphatic carbocycles. The number of hydrogen-bond donors (Lipinski definition) is 2. The largest absolute Gasteiger partial charge is 0.507 e. The molecular formula is C19H13F7N4O2. The van der Waals surface area contributed by atoms with Gasteiger partial charge in [-0.05, 0) is 53.4 Å². The monoisotopic (exact) mass is 462 g/mol. The summed E-state index contributed by atoms with van der Waals surface area (Å²) in [5, 5.41) is 22.8. The number of benzene rings is 2. The maximum absolute atomic E-state index is 14.8. The Hall–Kier alpha value is -3.64. The lowest BCUT2D eigenvalue weighted by molar-refractivity contribution is -0.138. The topological polar surface area (TPSA) is 87.8 Å². The molecule has 0 spiro atoms. The Labute approximate surface area is 174 Å². The molecule has 13 heteroatoms. The van der Waals surface area contributed by atoms with Crippen molar-refractivity contribution in [2.45, 2.75) is 25.7 Å². The van der Waals surface area contributed by atoms with Gasteiger partial charge >= 0.3 is 12.9 Å². The number of hydrogen-bond acceptors (Lipinski definition) is 5. The number of tetrazole rings is 1. The normalized spacial score (nSPS) is 11.6. The third kappa shape index (κ3) is 5.34. The van der Waals surface area contributed by atoms with Crippen LogP contribution in [0.5, 0.6) is 5.75 Å². The van der Waals surface area contributed by atoms with Crippen LogP contribution in [0.2, 0.25) is 0 Å². The van der Waals surface area contributed by atoms with Gasteiger partial charge in [-0.25, -0.2) is 4.39 Å². The minimum Gasteiger partial charge on any atom is -0.507 e. The lowest BCUT2D eigenvalue weighted by atomic mass is 10.0. The Morgan fingerprint density at radius 3 is 2.38 bits per heavy atom. The van der Waals surface area contributed by atoms with Crippen LogP contribution in [0.15, 0.2) is 40.8 Å². The van der Waals surface area contributed by atoms with E-state index >= 15 is 0 Å². The lowest BCUT2D eigenvalue weighted by Gasteiger charge is -2.11. The number of aromatic hydroxyl groups is 1. The van der Waals surface area contributed by atoms with Gasteiger partial charge < -0.3 is 9.52 Å². The summed E-state index contributed by atoms with van der Waals surface area (Å²) in [5.41, 5.74) is -0.149. The predicted octanol–water partition coefficient (Wildman–Crippen LogP) is 5.44. The number of alkyl halides is 6. The molecule has 0 saturated heterocycles. The molecule has 32 heavy (non-hydrogen) atoms. The molecule has 0 saturated carbocycles. The summed E-state index contributed by atoms with van der Waals surface area (Å²) in [4.78, 5) is 0. The van der Waals surface area contributed by atoms with E-state index in [0.717, 1.165) is 12.1 Å². The summed E-state index contributed by atoms with van der Waals surface area (Å²) in [6, 6.07) is 7.79. The van der Waals surface area contributed by atoms with E-state index in [4.69, 9.17) is 4.42 Å². The van der Waals surface area contributed by atoms with Gasteiger partial charge in [0.15, 0.2) is 5.76 Å². The highest BCUT2D eigenvalue weighted by Crippen LogP contribution is 2.36. The number of furan rings is 1. The van der Waals surface area contributed by atoms with Crippen molar-refractivity contribution < 1.29 is 40.3 Å². The molecule has 4 aromatic rings. The maximum atomic E-state index is 14.8. The third-order valence-corrected chi connectivity index (χ3v) is 4.33. The summed E-state index contributed by atoms with van der Waals surface area (Å²) < 4.78 is 88.0. The molecule has 0 atom stereocenters. The van der Waals surface area contributed by atoms with Crippen molar-refractivity contribution in [3.63, 3.8) is 0 Å². The van der Waals surface area contributed by atoms with Crippen LogP contribution < -0.4 is 0 Å². The average Bonchev–Trinajstić information content (AvgIpc) is 3.37. The summed E-state index contributed by atoms with van der Waals surface area (Å²) in [7, 11) is 0. The molecule has 2 N–H and O–H groups in total. The highest BCUT2D eigenvalue weighted by molar-refractivity contribution is 5.83. The lowest BCUT2D eigenvalue weighted by Crippen LogP contribution is -2.06. The van der Waals surface area contributed by atoms with Gasteiger partial charge in [0, 0.05) is 0 Å². The summed E-state index contributed by atoms with van der Waals surface area (Å²) >= 11 is 0. The van der Waals surface area contributed by atoms with E-state index in [1.54, 1.807) is 6.07 Å². The minimum absolute atomic E-state index is 0.168. The molecule has 2 aromatic heterocycles. The Morgan fingerprint density at radius 1 is 1.03 bits per heavy atom. The zero-order valence-electron chi connectivity index (χ0n) is 15.8. The molecule has 0 amide bonds. The number of rotatable bonds is 4. The number of aromatic amines is 1. The first-order valence-electron chi connectivity index (χ1n) is 8.82. The van der Waals surface area contributed by atoms with Gasteiger partial charge in [-0.2, -0.15) is 31.6 Å². The number of aryl methyl sites for hydroxylation is 2. The molecule has 0 bridgehead atoms. The Kier molecular flexibility index (Phi) is 6.65. The zero-order chi connectivity index (χ0) is 23.5. The van der Waals surface area contributed by atoms with Gasteiger partial charge in [0.1, 0.15) is 17.1 Å². The average molecular weight is 462 g/mol. The number of fused-ring (bicyclic) bond motifs is 1. The van der Waals surface area contributed by atoms with E-state index in [0.29, 0.717) is 16.7 Å². The molecule has 0 radical (unpaired) electrons. The number of phenols is 1. The first-order valence-corrected chi connectivity index (χ1v) is 8.82. The van der Waals surface area contributed by atoms with Crippen LogP contribution in [0.1, 0.15) is 16.7 Å². The van der Waals surface area contributed by atoms with Crippen LogP contribution in [-0.4, -0.2) is 32.4 Å². The fourth-order valence-corrected chi connectivity index (χ4v) is 2.94. The Morgan fingerprint density at radius 2 is 1.75 bits per heavy atom. The second kappa shape index (κ2) is 9.24. The fraction of sp³-hybridized carbons (Fsp3) is 0.211. The SMILES string of the molecule is FC(F)F.Oc1ccc(CCc2ccc3oc(-c4nn[nH]n4)cc3c2F)cc1C(F)(F)F. The van der Waals surface area contributed by atoms with Crippen LogP contribution in [0.25, 0.3) is 22.6 Å². The van der Waals surface area contributed by atoms with Crippen LogP contribution in [-0.2, 0) is 19.0 Å². The predicted molar refractivity (Wildman–Crippen MR) is 97.0 cm³/mol. The number of nitrogens with one attached hydrogen (secondary N) is 1. The molecule has 6 nitrogen and oxygen atoms in total. The minimum atomic E-state index is -4.66. The second-order valence-electron chi connectivity index (χ2n) is 6.39. The van der Waals surface area contributed by atoms with Gasteiger partial charge in [-0.1, -0.05) is 12.1 Å². The number of H-pyrrole nitrogens is 1. The third-order valence-electron chi connectivity index (χ3n) is 4.33. The number of nitrogens with zero attached hydrogens (tertiary/aromatic N) is 3. The van der Waals surface area contributed by atoms with Crippen molar-refractivity contribution in [2.75, 3.05) is 0 Å². The van der Waals surface area contributed by atoms with Gasteiger partial charge in [-0.15, -0.1) is 10.2 Å².